The zero-order chi connectivity index (χ0) is 18.0. The van der Waals surface area contributed by atoms with Crippen LogP contribution in [0.3, 0.4) is 0 Å². The number of nitrogens with one attached hydrogen (secondary N) is 2. The second-order valence-corrected chi connectivity index (χ2v) is 7.17. The van der Waals surface area contributed by atoms with Crippen LogP contribution in [0.5, 0.6) is 0 Å². The molecule has 1 fully saturated rings. The molecule has 3 rings (SSSR count). The molecule has 2 aromatic rings. The summed E-state index contributed by atoms with van der Waals surface area (Å²) in [6, 6.07) is 6.79. The first kappa shape index (κ1) is 17.4. The van der Waals surface area contributed by atoms with Crippen LogP contribution in [0.25, 0.3) is 0 Å². The maximum atomic E-state index is 12.9. The predicted octanol–water partition coefficient (Wildman–Crippen LogP) is 2.34. The smallest absolute Gasteiger partial charge is 0.261 e. The fourth-order valence-corrected chi connectivity index (χ4v) is 4.27. The summed E-state index contributed by atoms with van der Waals surface area (Å²) in [6.07, 6.45) is 2.44. The van der Waals surface area contributed by atoms with E-state index in [-0.39, 0.29) is 23.4 Å². The fourth-order valence-electron chi connectivity index (χ4n) is 3.16. The van der Waals surface area contributed by atoms with Gasteiger partial charge in [-0.05, 0) is 37.5 Å². The van der Waals surface area contributed by atoms with Gasteiger partial charge in [-0.1, -0.05) is 6.92 Å². The highest BCUT2D eigenvalue weighted by Gasteiger charge is 2.32. The van der Waals surface area contributed by atoms with Gasteiger partial charge in [-0.25, -0.2) is 0 Å². The molecular formula is C18H21N3O3S. The average Bonchev–Trinajstić information content (AvgIpc) is 3.28. The normalized spacial score (nSPS) is 16.9. The van der Waals surface area contributed by atoms with Gasteiger partial charge in [-0.15, -0.1) is 11.3 Å². The Bertz CT molecular complexity index is 855. The first-order valence-corrected chi connectivity index (χ1v) is 9.21. The first-order chi connectivity index (χ1) is 12.0. The summed E-state index contributed by atoms with van der Waals surface area (Å²) in [4.78, 5) is 42.7. The third-order valence-electron chi connectivity index (χ3n) is 4.45. The second kappa shape index (κ2) is 7.23. The Morgan fingerprint density at radius 1 is 1.36 bits per heavy atom. The van der Waals surface area contributed by atoms with Gasteiger partial charge in [-0.3, -0.25) is 14.4 Å². The summed E-state index contributed by atoms with van der Waals surface area (Å²) in [5.74, 6) is -0.243. The van der Waals surface area contributed by atoms with Crippen LogP contribution < -0.4 is 10.9 Å². The van der Waals surface area contributed by atoms with Crippen LogP contribution in [0.4, 0.5) is 0 Å². The summed E-state index contributed by atoms with van der Waals surface area (Å²) in [5.41, 5.74) is 0.927. The van der Waals surface area contributed by atoms with Crippen molar-refractivity contribution >= 4 is 23.2 Å². The molecule has 1 aliphatic rings. The molecule has 7 heteroatoms. The highest BCUT2D eigenvalue weighted by molar-refractivity contribution is 7.14. The molecule has 0 unspecified atom stereocenters. The van der Waals surface area contributed by atoms with Crippen molar-refractivity contribution in [1.82, 2.24) is 15.2 Å². The minimum absolute atomic E-state index is 0.0414. The van der Waals surface area contributed by atoms with Gasteiger partial charge in [-0.2, -0.15) is 0 Å². The van der Waals surface area contributed by atoms with Gasteiger partial charge in [0.15, 0.2) is 0 Å². The number of aryl methyl sites for hydroxylation is 1. The fraction of sp³-hybridized carbons (Fsp3) is 0.389. The minimum atomic E-state index is -0.253. The molecule has 0 aliphatic carbocycles. The number of aromatic nitrogens is 1. The minimum Gasteiger partial charge on any atom is -0.354 e. The van der Waals surface area contributed by atoms with Gasteiger partial charge in [0.25, 0.3) is 11.8 Å². The standard InChI is InChI=1S/C18H21N3O3S/c1-3-12-9-11(10-16(22)20-12)18(24)21-8-4-5-13(21)14-6-7-15(25-14)17(23)19-2/h6-7,9-10,13H,3-5,8H2,1-2H3,(H,19,23)(H,20,22)/t13-/m0/s1. The Balaban J connectivity index is 1.87. The Morgan fingerprint density at radius 3 is 2.88 bits per heavy atom. The predicted molar refractivity (Wildman–Crippen MR) is 97.2 cm³/mol. The summed E-state index contributed by atoms with van der Waals surface area (Å²) in [6.45, 7) is 2.59. The number of rotatable bonds is 4. The molecule has 3 heterocycles. The van der Waals surface area contributed by atoms with Crippen LogP contribution in [-0.2, 0) is 6.42 Å². The summed E-state index contributed by atoms with van der Waals surface area (Å²) < 4.78 is 0. The molecule has 25 heavy (non-hydrogen) atoms. The van der Waals surface area contributed by atoms with Crippen molar-refractivity contribution in [3.63, 3.8) is 0 Å². The van der Waals surface area contributed by atoms with Crippen LogP contribution >= 0.6 is 11.3 Å². The molecule has 2 amide bonds. The van der Waals surface area contributed by atoms with E-state index in [1.807, 2.05) is 17.9 Å². The highest BCUT2D eigenvalue weighted by atomic mass is 32.1. The Hall–Kier alpha value is -2.41. The Morgan fingerprint density at radius 2 is 2.16 bits per heavy atom. The lowest BCUT2D eigenvalue weighted by Gasteiger charge is -2.24. The molecule has 2 N–H and O–H groups in total. The molecule has 1 aliphatic heterocycles. The number of thiophene rings is 1. The van der Waals surface area contributed by atoms with E-state index in [2.05, 4.69) is 10.3 Å². The molecule has 2 aromatic heterocycles. The third-order valence-corrected chi connectivity index (χ3v) is 5.63. The average molecular weight is 359 g/mol. The monoisotopic (exact) mass is 359 g/mol. The van der Waals surface area contributed by atoms with Crippen molar-refractivity contribution in [3.05, 3.63) is 55.6 Å². The van der Waals surface area contributed by atoms with Crippen LogP contribution in [0, 0.1) is 0 Å². The summed E-state index contributed by atoms with van der Waals surface area (Å²) in [7, 11) is 1.60. The maximum Gasteiger partial charge on any atom is 0.261 e. The van der Waals surface area contributed by atoms with Gasteiger partial charge in [0, 0.05) is 35.8 Å². The number of aromatic amines is 1. The number of nitrogens with zero attached hydrogens (tertiary/aromatic N) is 1. The lowest BCUT2D eigenvalue weighted by Crippen LogP contribution is -2.31. The van der Waals surface area contributed by atoms with Crippen molar-refractivity contribution in [2.75, 3.05) is 13.6 Å². The van der Waals surface area contributed by atoms with Gasteiger partial charge < -0.3 is 15.2 Å². The van der Waals surface area contributed by atoms with Crippen molar-refractivity contribution in [1.29, 1.82) is 0 Å². The molecule has 6 nitrogen and oxygen atoms in total. The van der Waals surface area contributed by atoms with E-state index in [0.29, 0.717) is 23.4 Å². The van der Waals surface area contributed by atoms with Gasteiger partial charge >= 0.3 is 0 Å². The number of H-pyrrole nitrogens is 1. The highest BCUT2D eigenvalue weighted by Crippen LogP contribution is 2.36. The van der Waals surface area contributed by atoms with E-state index in [1.54, 1.807) is 19.2 Å². The number of likely N-dealkylation sites (tertiary alicyclic amines) is 1. The number of carbonyl (C=O) groups is 2. The van der Waals surface area contributed by atoms with Crippen LogP contribution in [0.15, 0.2) is 29.1 Å². The van der Waals surface area contributed by atoms with Gasteiger partial charge in [0.05, 0.1) is 10.9 Å². The molecule has 1 saturated heterocycles. The summed E-state index contributed by atoms with van der Waals surface area (Å²) in [5, 5.41) is 2.62. The molecule has 132 valence electrons. The zero-order valence-electron chi connectivity index (χ0n) is 14.3. The molecule has 0 aromatic carbocycles. The van der Waals surface area contributed by atoms with E-state index in [9.17, 15) is 14.4 Å². The lowest BCUT2D eigenvalue weighted by atomic mass is 10.1. The van der Waals surface area contributed by atoms with Crippen molar-refractivity contribution in [3.8, 4) is 0 Å². The number of pyridine rings is 1. The number of hydrogen-bond acceptors (Lipinski definition) is 4. The molecule has 0 bridgehead atoms. The maximum absolute atomic E-state index is 12.9. The van der Waals surface area contributed by atoms with Crippen LogP contribution in [-0.4, -0.2) is 35.3 Å². The summed E-state index contributed by atoms with van der Waals surface area (Å²) >= 11 is 1.42. The molecule has 0 saturated carbocycles. The number of hydrogen-bond donors (Lipinski definition) is 2. The SMILES string of the molecule is CCc1cc(C(=O)N2CCC[C@H]2c2ccc(C(=O)NC)s2)cc(=O)[nH]1. The number of carbonyl (C=O) groups excluding carboxylic acids is 2. The van der Waals surface area contributed by atoms with Crippen LogP contribution in [0.2, 0.25) is 0 Å². The van der Waals surface area contributed by atoms with Crippen molar-refractivity contribution < 1.29 is 9.59 Å². The first-order valence-electron chi connectivity index (χ1n) is 8.39. The second-order valence-electron chi connectivity index (χ2n) is 6.05. The van der Waals surface area contributed by atoms with Crippen molar-refractivity contribution in [2.24, 2.45) is 0 Å². The molecule has 0 spiro atoms. The molecule has 0 radical (unpaired) electrons. The van der Waals surface area contributed by atoms with E-state index in [0.717, 1.165) is 23.4 Å². The van der Waals surface area contributed by atoms with Crippen LogP contribution in [0.1, 0.15) is 56.4 Å². The Labute approximate surface area is 149 Å². The van der Waals surface area contributed by atoms with E-state index < -0.39 is 0 Å². The Kier molecular flexibility index (Phi) is 5.03. The van der Waals surface area contributed by atoms with Crippen molar-refractivity contribution in [2.45, 2.75) is 32.2 Å². The quantitative estimate of drug-likeness (QED) is 0.879. The lowest BCUT2D eigenvalue weighted by molar-refractivity contribution is 0.0737. The largest absolute Gasteiger partial charge is 0.354 e. The topological polar surface area (TPSA) is 82.3 Å². The van der Waals surface area contributed by atoms with Gasteiger partial charge in [0.2, 0.25) is 5.56 Å². The van der Waals surface area contributed by atoms with E-state index in [1.165, 1.54) is 17.4 Å². The van der Waals surface area contributed by atoms with Gasteiger partial charge in [0.1, 0.15) is 0 Å². The van der Waals surface area contributed by atoms with E-state index in [4.69, 9.17) is 0 Å². The van der Waals surface area contributed by atoms with E-state index >= 15 is 0 Å². The molecular weight excluding hydrogens is 338 g/mol. The third kappa shape index (κ3) is 3.51. The number of amides is 2. The molecule has 1 atom stereocenters. The zero-order valence-corrected chi connectivity index (χ0v) is 15.1.